The molecule has 0 aromatic carbocycles. The van der Waals surface area contributed by atoms with Crippen LogP contribution in [0.4, 0.5) is 0 Å². The van der Waals surface area contributed by atoms with E-state index in [2.05, 4.69) is 0 Å². The van der Waals surface area contributed by atoms with Crippen molar-refractivity contribution in [3.63, 3.8) is 0 Å². The molecule has 0 aromatic rings. The number of hydrogen-bond acceptors (Lipinski definition) is 16. The highest BCUT2D eigenvalue weighted by Gasteiger charge is 2.55. The summed E-state index contributed by atoms with van der Waals surface area (Å²) in [6.45, 7) is 0.439. The van der Waals surface area contributed by atoms with Crippen LogP contribution in [0.5, 0.6) is 0 Å². The van der Waals surface area contributed by atoms with Gasteiger partial charge < -0.3 is 76.2 Å². The monoisotopic (exact) mass is 644 g/mol. The van der Waals surface area contributed by atoms with Crippen LogP contribution in [-0.2, 0) is 71.1 Å². The third-order valence-corrected chi connectivity index (χ3v) is 8.27. The zero-order chi connectivity index (χ0) is 32.4. The minimum atomic E-state index is -1.26. The molecule has 44 heavy (non-hydrogen) atoms. The Hall–Kier alpha value is -0.640. The molecule has 3 aliphatic rings. The zero-order valence-corrected chi connectivity index (χ0v) is 27.4. The molecule has 0 aromatic heterocycles. The van der Waals surface area contributed by atoms with Crippen LogP contribution in [0.3, 0.4) is 0 Å². The first-order chi connectivity index (χ1) is 21.3. The van der Waals surface area contributed by atoms with Gasteiger partial charge in [-0.1, -0.05) is 0 Å². The molecule has 16 nitrogen and oxygen atoms in total. The lowest BCUT2D eigenvalue weighted by atomic mass is 9.95. The summed E-state index contributed by atoms with van der Waals surface area (Å²) in [4.78, 5) is 0. The molecule has 1 N–H and O–H groups in total. The van der Waals surface area contributed by atoms with Gasteiger partial charge in [-0.15, -0.1) is 0 Å². The van der Waals surface area contributed by atoms with E-state index < -0.39 is 92.1 Å². The molecule has 0 spiro atoms. The van der Waals surface area contributed by atoms with Gasteiger partial charge in [-0.25, -0.2) is 0 Å². The molecule has 3 rings (SSSR count). The van der Waals surface area contributed by atoms with Crippen LogP contribution in [0.2, 0.25) is 0 Å². The summed E-state index contributed by atoms with van der Waals surface area (Å²) >= 11 is 0. The Morgan fingerprint density at radius 1 is 0.386 bits per heavy atom. The predicted octanol–water partition coefficient (Wildman–Crippen LogP) is -1.03. The molecule has 3 fully saturated rings. The summed E-state index contributed by atoms with van der Waals surface area (Å²) in [5, 5.41) is 10.5. The summed E-state index contributed by atoms with van der Waals surface area (Å²) < 4.78 is 88.3. The molecule has 0 bridgehead atoms. The van der Waals surface area contributed by atoms with Gasteiger partial charge in [-0.2, -0.15) is 0 Å². The third-order valence-electron chi connectivity index (χ3n) is 8.27. The first-order valence-electron chi connectivity index (χ1n) is 14.4. The van der Waals surface area contributed by atoms with E-state index in [1.54, 1.807) is 35.5 Å². The molecule has 16 heteroatoms. The predicted molar refractivity (Wildman–Crippen MR) is 149 cm³/mol. The molecule has 15 atom stereocenters. The molecule has 0 unspecified atom stereocenters. The van der Waals surface area contributed by atoms with Crippen LogP contribution in [0.25, 0.3) is 0 Å². The summed E-state index contributed by atoms with van der Waals surface area (Å²) in [5.74, 6) is 0. The molecule has 3 aliphatic heterocycles. The SMILES string of the molecule is COC[C@H]1O[C@@H](O)[C@H](OC)[C@@H](OC)[C@@H]1O[C@@H]1O[C@H](COC)[C@@H](O[C@@H]2O[C@H](COC)[C@@H](OC)[C@H](OC)[C@H]2OC)[C@H](OC)[C@H]1OC. The Morgan fingerprint density at radius 2 is 0.705 bits per heavy atom. The van der Waals surface area contributed by atoms with Crippen molar-refractivity contribution in [2.75, 3.05) is 90.9 Å². The number of aliphatic hydroxyl groups is 1. The van der Waals surface area contributed by atoms with Crippen molar-refractivity contribution in [3.05, 3.63) is 0 Å². The molecule has 0 saturated carbocycles. The largest absolute Gasteiger partial charge is 0.382 e. The number of ether oxygens (including phenoxy) is 15. The van der Waals surface area contributed by atoms with Crippen LogP contribution in [0, 0.1) is 0 Å². The number of hydrogen-bond donors (Lipinski definition) is 1. The van der Waals surface area contributed by atoms with E-state index in [4.69, 9.17) is 71.1 Å². The van der Waals surface area contributed by atoms with E-state index in [1.165, 1.54) is 35.5 Å². The van der Waals surface area contributed by atoms with Crippen LogP contribution in [0.1, 0.15) is 0 Å². The Kier molecular flexibility index (Phi) is 16.0. The molecular formula is C28H52O16. The first-order valence-corrected chi connectivity index (χ1v) is 14.4. The first kappa shape index (κ1) is 37.8. The lowest BCUT2D eigenvalue weighted by molar-refractivity contribution is -0.384. The minimum Gasteiger partial charge on any atom is -0.382 e. The Morgan fingerprint density at radius 3 is 1.07 bits per heavy atom. The van der Waals surface area contributed by atoms with Gasteiger partial charge in [0.05, 0.1) is 19.8 Å². The van der Waals surface area contributed by atoms with Crippen molar-refractivity contribution >= 4 is 0 Å². The van der Waals surface area contributed by atoms with Gasteiger partial charge in [0.2, 0.25) is 0 Å². The van der Waals surface area contributed by atoms with Gasteiger partial charge in [0.1, 0.15) is 73.2 Å². The quantitative estimate of drug-likeness (QED) is 0.205. The second-order valence-corrected chi connectivity index (χ2v) is 10.6. The van der Waals surface area contributed by atoms with Crippen molar-refractivity contribution in [2.45, 2.75) is 92.1 Å². The highest BCUT2D eigenvalue weighted by Crippen LogP contribution is 2.36. The molecular weight excluding hydrogens is 592 g/mol. The third kappa shape index (κ3) is 8.25. The maximum Gasteiger partial charge on any atom is 0.187 e. The standard InChI is InChI=1S/C28H52O16/c1-30-11-14-17(33-4)20(34-5)24(38-9)27(41-14)44-19-16(13-32-3)42-28(25(39-10)22(19)36-7)43-18-15(12-31-2)40-26(29)23(37-8)21(18)35-6/h14-29H,11-13H2,1-10H3/t14-,15-,16-,17-,18-,19-,20+,21+,22+,23-,24-,25-,26-,27+,28+/m1/s1. The van der Waals surface area contributed by atoms with Gasteiger partial charge in [0.25, 0.3) is 0 Å². The van der Waals surface area contributed by atoms with E-state index in [0.717, 1.165) is 0 Å². The Labute approximate surface area is 259 Å². The maximum atomic E-state index is 10.5. The van der Waals surface area contributed by atoms with Crippen molar-refractivity contribution in [3.8, 4) is 0 Å². The van der Waals surface area contributed by atoms with Crippen LogP contribution in [-0.4, -0.2) is 188 Å². The van der Waals surface area contributed by atoms with Crippen molar-refractivity contribution in [2.24, 2.45) is 0 Å². The molecule has 0 amide bonds. The smallest absolute Gasteiger partial charge is 0.187 e. The average Bonchev–Trinajstić information content (AvgIpc) is 3.02. The van der Waals surface area contributed by atoms with E-state index in [0.29, 0.717) is 0 Å². The van der Waals surface area contributed by atoms with Gasteiger partial charge in [0, 0.05) is 71.1 Å². The maximum absolute atomic E-state index is 10.5. The summed E-state index contributed by atoms with van der Waals surface area (Å²) in [5.41, 5.74) is 0. The fourth-order valence-corrected chi connectivity index (χ4v) is 6.24. The molecule has 260 valence electrons. The molecule has 3 heterocycles. The molecule has 0 aliphatic carbocycles. The summed E-state index contributed by atoms with van der Waals surface area (Å²) in [6, 6.07) is 0. The van der Waals surface area contributed by atoms with Crippen LogP contribution >= 0.6 is 0 Å². The normalized spacial score (nSPS) is 43.3. The summed E-state index contributed by atoms with van der Waals surface area (Å²) in [7, 11) is 15.3. The van der Waals surface area contributed by atoms with Crippen molar-refractivity contribution in [1.29, 1.82) is 0 Å². The van der Waals surface area contributed by atoms with E-state index >= 15 is 0 Å². The second kappa shape index (κ2) is 18.6. The van der Waals surface area contributed by atoms with Crippen molar-refractivity contribution < 1.29 is 76.2 Å². The van der Waals surface area contributed by atoms with Crippen LogP contribution < -0.4 is 0 Å². The van der Waals surface area contributed by atoms with E-state index in [9.17, 15) is 5.11 Å². The lowest BCUT2D eigenvalue weighted by Gasteiger charge is -2.50. The number of methoxy groups -OCH3 is 10. The van der Waals surface area contributed by atoms with E-state index in [-0.39, 0.29) is 19.8 Å². The van der Waals surface area contributed by atoms with Gasteiger partial charge in [-0.3, -0.25) is 0 Å². The van der Waals surface area contributed by atoms with Crippen molar-refractivity contribution in [1.82, 2.24) is 0 Å². The van der Waals surface area contributed by atoms with Crippen LogP contribution in [0.15, 0.2) is 0 Å². The van der Waals surface area contributed by atoms with E-state index in [1.807, 2.05) is 0 Å². The van der Waals surface area contributed by atoms with Gasteiger partial charge in [0.15, 0.2) is 18.9 Å². The second-order valence-electron chi connectivity index (χ2n) is 10.6. The Bertz CT molecular complexity index is 795. The highest BCUT2D eigenvalue weighted by atomic mass is 16.8. The number of rotatable bonds is 17. The van der Waals surface area contributed by atoms with Gasteiger partial charge >= 0.3 is 0 Å². The average molecular weight is 645 g/mol. The molecule has 3 saturated heterocycles. The zero-order valence-electron chi connectivity index (χ0n) is 27.4. The highest BCUT2D eigenvalue weighted by molar-refractivity contribution is 4.98. The molecule has 0 radical (unpaired) electrons. The summed E-state index contributed by atoms with van der Waals surface area (Å²) in [6.07, 6.45) is -11.6. The lowest BCUT2D eigenvalue weighted by Crippen LogP contribution is -2.67. The topological polar surface area (TPSA) is 159 Å². The fourth-order valence-electron chi connectivity index (χ4n) is 6.24. The minimum absolute atomic E-state index is 0.104. The van der Waals surface area contributed by atoms with Gasteiger partial charge in [-0.05, 0) is 0 Å². The fraction of sp³-hybridized carbons (Fsp3) is 1.00. The number of aliphatic hydroxyl groups excluding tert-OH is 1. The Balaban J connectivity index is 1.92.